The maximum Gasteiger partial charge on any atom is 0.300 e. The van der Waals surface area contributed by atoms with Crippen LogP contribution in [0.3, 0.4) is 0 Å². The molecule has 2 rings (SSSR count). The summed E-state index contributed by atoms with van der Waals surface area (Å²) in [6, 6.07) is 1.47. The molecule has 118 valence electrons. The van der Waals surface area contributed by atoms with Gasteiger partial charge in [-0.1, -0.05) is 0 Å². The molecule has 0 atom stereocenters. The lowest BCUT2D eigenvalue weighted by atomic mass is 10.1. The number of nitrogens with zero attached hydrogens (tertiary/aromatic N) is 1. The number of hydrogen-bond acceptors (Lipinski definition) is 6. The van der Waals surface area contributed by atoms with E-state index in [0.29, 0.717) is 5.75 Å². The maximum absolute atomic E-state index is 12.2. The lowest BCUT2D eigenvalue weighted by Gasteiger charge is -2.18. The minimum Gasteiger partial charge on any atom is -0.493 e. The van der Waals surface area contributed by atoms with Crippen LogP contribution in [0.25, 0.3) is 0 Å². The van der Waals surface area contributed by atoms with Crippen molar-refractivity contribution in [3.8, 4) is 17.2 Å². The molecule has 1 aliphatic rings. The molecule has 0 fully saturated rings. The number of methoxy groups -OCH3 is 3. The van der Waals surface area contributed by atoms with Crippen molar-refractivity contribution in [3.05, 3.63) is 11.6 Å². The molecule has 8 heteroatoms. The van der Waals surface area contributed by atoms with Gasteiger partial charge in [0.15, 0.2) is 11.5 Å². The van der Waals surface area contributed by atoms with E-state index in [1.807, 2.05) is 0 Å². The zero-order chi connectivity index (χ0) is 16.4. The lowest BCUT2D eigenvalue weighted by molar-refractivity contribution is -0.121. The molecule has 0 radical (unpaired) electrons. The number of fused-ring (bicyclic) bond motifs is 1. The Morgan fingerprint density at radius 1 is 1.14 bits per heavy atom. The van der Waals surface area contributed by atoms with Gasteiger partial charge in [-0.2, -0.15) is 0 Å². The predicted octanol–water partition coefficient (Wildman–Crippen LogP) is -0.0123. The quantitative estimate of drug-likeness (QED) is 0.769. The van der Waals surface area contributed by atoms with Gasteiger partial charge in [-0.15, -0.1) is 0 Å². The Kier molecular flexibility index (Phi) is 4.20. The number of ether oxygens (including phenoxy) is 3. The van der Waals surface area contributed by atoms with Gasteiger partial charge in [0.25, 0.3) is 11.7 Å². The first-order valence-corrected chi connectivity index (χ1v) is 6.39. The fourth-order valence-electron chi connectivity index (χ4n) is 2.29. The number of ketones is 1. The number of likely N-dealkylation sites (N-methyl/N-ethyl adjacent to an activating group) is 1. The Hall–Kier alpha value is -2.77. The summed E-state index contributed by atoms with van der Waals surface area (Å²) in [5.41, 5.74) is 0.321. The molecule has 1 N–H and O–H groups in total. The highest BCUT2D eigenvalue weighted by atomic mass is 16.5. The Morgan fingerprint density at radius 3 is 2.27 bits per heavy atom. The molecule has 0 saturated carbocycles. The molecule has 22 heavy (non-hydrogen) atoms. The lowest BCUT2D eigenvalue weighted by Crippen LogP contribution is -2.38. The van der Waals surface area contributed by atoms with Gasteiger partial charge in [0, 0.05) is 13.1 Å². The van der Waals surface area contributed by atoms with Crippen molar-refractivity contribution >= 4 is 23.3 Å². The number of nitrogens with one attached hydrogen (secondary N) is 1. The number of anilines is 1. The second kappa shape index (κ2) is 5.92. The summed E-state index contributed by atoms with van der Waals surface area (Å²) >= 11 is 0. The van der Waals surface area contributed by atoms with Crippen LogP contribution in [0.1, 0.15) is 10.4 Å². The summed E-state index contributed by atoms with van der Waals surface area (Å²) in [4.78, 5) is 37.0. The van der Waals surface area contributed by atoms with E-state index in [4.69, 9.17) is 14.2 Å². The molecule has 0 aromatic heterocycles. The van der Waals surface area contributed by atoms with E-state index >= 15 is 0 Å². The van der Waals surface area contributed by atoms with Gasteiger partial charge in [-0.25, -0.2) is 0 Å². The average molecular weight is 308 g/mol. The molecule has 1 aromatic rings. The van der Waals surface area contributed by atoms with Crippen molar-refractivity contribution in [1.82, 2.24) is 5.32 Å². The summed E-state index contributed by atoms with van der Waals surface area (Å²) in [7, 11) is 5.62. The van der Waals surface area contributed by atoms with E-state index in [9.17, 15) is 14.4 Å². The van der Waals surface area contributed by atoms with Gasteiger partial charge >= 0.3 is 0 Å². The van der Waals surface area contributed by atoms with Gasteiger partial charge < -0.3 is 19.5 Å². The third-order valence-electron chi connectivity index (χ3n) is 3.35. The fourth-order valence-corrected chi connectivity index (χ4v) is 2.29. The van der Waals surface area contributed by atoms with Crippen molar-refractivity contribution in [1.29, 1.82) is 0 Å². The van der Waals surface area contributed by atoms with Gasteiger partial charge in [0.05, 0.1) is 32.6 Å². The van der Waals surface area contributed by atoms with E-state index in [1.165, 1.54) is 34.4 Å². The Labute approximate surface area is 126 Å². The van der Waals surface area contributed by atoms with Gasteiger partial charge in [0.1, 0.15) is 6.54 Å². The topological polar surface area (TPSA) is 94.2 Å². The Morgan fingerprint density at radius 2 is 1.77 bits per heavy atom. The normalized spacial score (nSPS) is 13.0. The minimum absolute atomic E-state index is 0.0639. The Balaban J connectivity index is 2.66. The third-order valence-corrected chi connectivity index (χ3v) is 3.35. The molecule has 1 aliphatic heterocycles. The highest BCUT2D eigenvalue weighted by Gasteiger charge is 2.41. The van der Waals surface area contributed by atoms with E-state index in [-0.39, 0.29) is 29.3 Å². The van der Waals surface area contributed by atoms with Crippen molar-refractivity contribution < 1.29 is 28.6 Å². The SMILES string of the molecule is CNC(=O)CN1C(=O)C(=O)c2c1cc(OC)c(OC)c2OC. The number of benzene rings is 1. The Bertz CT molecular complexity index is 655. The van der Waals surface area contributed by atoms with Crippen LogP contribution in [-0.2, 0) is 9.59 Å². The maximum atomic E-state index is 12.2. The van der Waals surface area contributed by atoms with Crippen LogP contribution in [-0.4, -0.2) is 52.5 Å². The molecule has 1 aromatic carbocycles. The zero-order valence-corrected chi connectivity index (χ0v) is 12.7. The van der Waals surface area contributed by atoms with Crippen molar-refractivity contribution in [3.63, 3.8) is 0 Å². The zero-order valence-electron chi connectivity index (χ0n) is 12.7. The smallest absolute Gasteiger partial charge is 0.300 e. The van der Waals surface area contributed by atoms with E-state index < -0.39 is 17.6 Å². The van der Waals surface area contributed by atoms with Crippen LogP contribution in [0.15, 0.2) is 6.07 Å². The highest BCUT2D eigenvalue weighted by molar-refractivity contribution is 6.53. The second-order valence-electron chi connectivity index (χ2n) is 4.43. The number of Topliss-reactive ketones (excluding diaryl/α,β-unsaturated/α-hetero) is 1. The summed E-state index contributed by atoms with van der Waals surface area (Å²) < 4.78 is 15.6. The van der Waals surface area contributed by atoms with E-state index in [0.717, 1.165) is 4.90 Å². The van der Waals surface area contributed by atoms with E-state index in [2.05, 4.69) is 5.32 Å². The first-order valence-electron chi connectivity index (χ1n) is 6.39. The van der Waals surface area contributed by atoms with Crippen LogP contribution in [0.5, 0.6) is 17.2 Å². The molecule has 0 saturated heterocycles. The number of hydrogen-bond donors (Lipinski definition) is 1. The van der Waals surface area contributed by atoms with Gasteiger partial charge in [-0.05, 0) is 0 Å². The summed E-state index contributed by atoms with van der Waals surface area (Å²) in [6.07, 6.45) is 0. The van der Waals surface area contributed by atoms with Crippen molar-refractivity contribution in [2.24, 2.45) is 0 Å². The largest absolute Gasteiger partial charge is 0.493 e. The van der Waals surface area contributed by atoms with Crippen molar-refractivity contribution in [2.45, 2.75) is 0 Å². The third kappa shape index (κ3) is 2.22. The highest BCUT2D eigenvalue weighted by Crippen LogP contribution is 2.47. The minimum atomic E-state index is -0.799. The first kappa shape index (κ1) is 15.6. The van der Waals surface area contributed by atoms with Crippen LogP contribution in [0.2, 0.25) is 0 Å². The van der Waals surface area contributed by atoms with Crippen LogP contribution in [0.4, 0.5) is 5.69 Å². The molecule has 0 spiro atoms. The van der Waals surface area contributed by atoms with Crippen LogP contribution in [0, 0.1) is 0 Å². The van der Waals surface area contributed by atoms with Gasteiger partial charge in [0.2, 0.25) is 11.7 Å². The standard InChI is InChI=1S/C14H16N2O6/c1-15-9(17)6-16-7-5-8(20-2)12(21-3)13(22-4)10(7)11(18)14(16)19/h5H,6H2,1-4H3,(H,15,17). The number of amides is 2. The predicted molar refractivity (Wildman–Crippen MR) is 76.8 cm³/mol. The number of carbonyl (C=O) groups excluding carboxylic acids is 3. The van der Waals surface area contributed by atoms with Crippen LogP contribution >= 0.6 is 0 Å². The average Bonchev–Trinajstić information content (AvgIpc) is 2.77. The molecule has 0 aliphatic carbocycles. The van der Waals surface area contributed by atoms with Gasteiger partial charge in [-0.3, -0.25) is 19.3 Å². The second-order valence-corrected chi connectivity index (χ2v) is 4.43. The molecular formula is C14H16N2O6. The molecule has 0 bridgehead atoms. The number of carbonyl (C=O) groups is 3. The molecular weight excluding hydrogens is 292 g/mol. The summed E-state index contributed by atoms with van der Waals surface area (Å²) in [6.45, 7) is -0.271. The van der Waals surface area contributed by atoms with Crippen LogP contribution < -0.4 is 24.4 Å². The number of rotatable bonds is 5. The summed E-state index contributed by atoms with van der Waals surface area (Å²) in [5.74, 6) is -1.34. The fraction of sp³-hybridized carbons (Fsp3) is 0.357. The summed E-state index contributed by atoms with van der Waals surface area (Å²) in [5, 5.41) is 2.41. The van der Waals surface area contributed by atoms with E-state index in [1.54, 1.807) is 0 Å². The van der Waals surface area contributed by atoms with Crippen molar-refractivity contribution in [2.75, 3.05) is 39.8 Å². The first-order chi connectivity index (χ1) is 10.5. The molecule has 2 amide bonds. The molecule has 8 nitrogen and oxygen atoms in total. The molecule has 0 unspecified atom stereocenters. The molecule has 1 heterocycles. The monoisotopic (exact) mass is 308 g/mol.